The van der Waals surface area contributed by atoms with E-state index in [9.17, 15) is 0 Å². The van der Waals surface area contributed by atoms with Gasteiger partial charge in [-0.3, -0.25) is 0 Å². The van der Waals surface area contributed by atoms with Gasteiger partial charge in [0.1, 0.15) is 7.28 Å². The molecule has 79 valence electrons. The average molecular weight is 207 g/mol. The Labute approximate surface area is 98.6 Å². The number of rotatable bonds is 4. The molecule has 0 aliphatic carbocycles. The molecule has 0 saturated carbocycles. The second-order valence-corrected chi connectivity index (χ2v) is 4.12. The summed E-state index contributed by atoms with van der Waals surface area (Å²) in [6, 6.07) is 21.2. The highest BCUT2D eigenvalue weighted by Crippen LogP contribution is 2.14. The van der Waals surface area contributed by atoms with Crippen molar-refractivity contribution < 1.29 is 0 Å². The zero-order chi connectivity index (χ0) is 11.2. The van der Waals surface area contributed by atoms with Gasteiger partial charge in [-0.05, 0) is 5.82 Å². The molecular formula is C15H16B. The molecule has 0 fully saturated rings. The third-order valence-electron chi connectivity index (χ3n) is 2.88. The molecule has 1 radical (unpaired) electrons. The summed E-state index contributed by atoms with van der Waals surface area (Å²) in [5.41, 5.74) is 2.77. The Balaban J connectivity index is 1.92. The minimum absolute atomic E-state index is 0.515. The molecule has 2 aromatic carbocycles. The van der Waals surface area contributed by atoms with E-state index >= 15 is 0 Å². The average Bonchev–Trinajstić information content (AvgIpc) is 2.38. The summed E-state index contributed by atoms with van der Waals surface area (Å²) < 4.78 is 0. The maximum absolute atomic E-state index is 2.37. The first-order chi connectivity index (χ1) is 7.86. The summed E-state index contributed by atoms with van der Waals surface area (Å²) in [6.07, 6.45) is 1.04. The van der Waals surface area contributed by atoms with E-state index in [-0.39, 0.29) is 0 Å². The van der Waals surface area contributed by atoms with Crippen LogP contribution in [0.3, 0.4) is 0 Å². The number of benzene rings is 2. The van der Waals surface area contributed by atoms with Crippen LogP contribution in [0.2, 0.25) is 0 Å². The van der Waals surface area contributed by atoms with Gasteiger partial charge in [0.2, 0.25) is 0 Å². The lowest BCUT2D eigenvalue weighted by atomic mass is 9.59. The van der Waals surface area contributed by atoms with Crippen molar-refractivity contribution in [2.45, 2.75) is 19.1 Å². The number of hydrogen-bond donors (Lipinski definition) is 0. The van der Waals surface area contributed by atoms with Crippen LogP contribution < -0.4 is 0 Å². The van der Waals surface area contributed by atoms with Gasteiger partial charge >= 0.3 is 0 Å². The van der Waals surface area contributed by atoms with Crippen LogP contribution in [-0.2, 0) is 6.32 Å². The molecule has 0 bridgehead atoms. The van der Waals surface area contributed by atoms with E-state index in [4.69, 9.17) is 0 Å². The van der Waals surface area contributed by atoms with E-state index in [1.807, 2.05) is 0 Å². The molecule has 0 aromatic heterocycles. The SMILES string of the molecule is C[C@H]([B]Cc1ccccc1)c1ccccc1. The molecule has 2 rings (SSSR count). The molecule has 0 unspecified atom stereocenters. The Hall–Kier alpha value is -1.50. The molecule has 0 aliphatic heterocycles. The Bertz CT molecular complexity index is 408. The fourth-order valence-corrected chi connectivity index (χ4v) is 1.82. The standard InChI is InChI=1S/C15H16B/c1-13(15-10-6-3-7-11-15)16-12-14-8-4-2-5-9-14/h2-11,13H,12H2,1H3/t13-/m0/s1. The van der Waals surface area contributed by atoms with Crippen LogP contribution in [0, 0.1) is 0 Å². The maximum Gasteiger partial charge on any atom is 0.124 e. The third-order valence-corrected chi connectivity index (χ3v) is 2.88. The predicted octanol–water partition coefficient (Wildman–Crippen LogP) is 3.65. The van der Waals surface area contributed by atoms with Gasteiger partial charge in [-0.1, -0.05) is 85.0 Å². The summed E-state index contributed by atoms with van der Waals surface area (Å²) in [6.45, 7) is 2.25. The van der Waals surface area contributed by atoms with Crippen molar-refractivity contribution in [2.75, 3.05) is 0 Å². The first-order valence-corrected chi connectivity index (χ1v) is 5.78. The fraction of sp³-hybridized carbons (Fsp3) is 0.200. The highest BCUT2D eigenvalue weighted by Gasteiger charge is 2.06. The Morgan fingerprint density at radius 2 is 1.44 bits per heavy atom. The quantitative estimate of drug-likeness (QED) is 0.671. The smallest absolute Gasteiger partial charge is 0.0657 e. The molecule has 0 nitrogen and oxygen atoms in total. The summed E-state index contributed by atoms with van der Waals surface area (Å²) in [4.78, 5) is 0. The summed E-state index contributed by atoms with van der Waals surface area (Å²) in [5, 5.41) is 0. The van der Waals surface area contributed by atoms with Crippen molar-refractivity contribution in [3.05, 3.63) is 71.8 Å². The van der Waals surface area contributed by atoms with Crippen LogP contribution in [-0.4, -0.2) is 7.28 Å². The van der Waals surface area contributed by atoms with E-state index in [1.165, 1.54) is 11.1 Å². The molecule has 0 spiro atoms. The van der Waals surface area contributed by atoms with Crippen LogP contribution in [0.5, 0.6) is 0 Å². The third kappa shape index (κ3) is 3.00. The molecule has 0 aliphatic rings. The minimum Gasteiger partial charge on any atom is -0.0657 e. The van der Waals surface area contributed by atoms with E-state index in [2.05, 4.69) is 74.9 Å². The molecule has 0 amide bonds. The fourth-order valence-electron chi connectivity index (χ4n) is 1.82. The molecule has 1 heteroatoms. The lowest BCUT2D eigenvalue weighted by Gasteiger charge is -2.10. The first-order valence-electron chi connectivity index (χ1n) is 5.78. The van der Waals surface area contributed by atoms with Crippen LogP contribution >= 0.6 is 0 Å². The normalized spacial score (nSPS) is 12.1. The summed E-state index contributed by atoms with van der Waals surface area (Å²) in [7, 11) is 2.37. The van der Waals surface area contributed by atoms with Gasteiger partial charge in [-0.25, -0.2) is 0 Å². The van der Waals surface area contributed by atoms with Gasteiger partial charge in [-0.15, -0.1) is 0 Å². The van der Waals surface area contributed by atoms with E-state index in [0.717, 1.165) is 6.32 Å². The topological polar surface area (TPSA) is 0 Å². The van der Waals surface area contributed by atoms with Crippen LogP contribution in [0.1, 0.15) is 23.9 Å². The largest absolute Gasteiger partial charge is 0.124 e. The van der Waals surface area contributed by atoms with Gasteiger partial charge in [0.15, 0.2) is 0 Å². The second kappa shape index (κ2) is 5.55. The lowest BCUT2D eigenvalue weighted by molar-refractivity contribution is 1.05. The monoisotopic (exact) mass is 207 g/mol. The molecule has 16 heavy (non-hydrogen) atoms. The van der Waals surface area contributed by atoms with E-state index < -0.39 is 0 Å². The van der Waals surface area contributed by atoms with Gasteiger partial charge in [-0.2, -0.15) is 0 Å². The lowest BCUT2D eigenvalue weighted by Crippen LogP contribution is -2.07. The van der Waals surface area contributed by atoms with Crippen molar-refractivity contribution in [3.8, 4) is 0 Å². The highest BCUT2D eigenvalue weighted by molar-refractivity contribution is 6.37. The van der Waals surface area contributed by atoms with Crippen LogP contribution in [0.25, 0.3) is 0 Å². The molecule has 1 atom stereocenters. The Morgan fingerprint density at radius 3 is 2.06 bits per heavy atom. The van der Waals surface area contributed by atoms with E-state index in [1.54, 1.807) is 0 Å². The molecule has 0 heterocycles. The van der Waals surface area contributed by atoms with Gasteiger partial charge < -0.3 is 0 Å². The van der Waals surface area contributed by atoms with Gasteiger partial charge in [0.05, 0.1) is 0 Å². The van der Waals surface area contributed by atoms with Crippen LogP contribution in [0.4, 0.5) is 0 Å². The minimum atomic E-state index is 0.515. The zero-order valence-corrected chi connectivity index (χ0v) is 9.64. The molecule has 2 aromatic rings. The Morgan fingerprint density at radius 1 is 0.875 bits per heavy atom. The highest BCUT2D eigenvalue weighted by atomic mass is 14.0. The van der Waals surface area contributed by atoms with Crippen molar-refractivity contribution in [3.63, 3.8) is 0 Å². The zero-order valence-electron chi connectivity index (χ0n) is 9.64. The van der Waals surface area contributed by atoms with Crippen molar-refractivity contribution in [2.24, 2.45) is 0 Å². The molecule has 0 N–H and O–H groups in total. The van der Waals surface area contributed by atoms with Crippen molar-refractivity contribution in [1.29, 1.82) is 0 Å². The predicted molar refractivity (Wildman–Crippen MR) is 70.8 cm³/mol. The van der Waals surface area contributed by atoms with Gasteiger partial charge in [0.25, 0.3) is 0 Å². The molecule has 0 saturated heterocycles. The number of hydrogen-bond acceptors (Lipinski definition) is 0. The Kier molecular flexibility index (Phi) is 3.82. The molecular weight excluding hydrogens is 191 g/mol. The van der Waals surface area contributed by atoms with E-state index in [0.29, 0.717) is 5.82 Å². The second-order valence-electron chi connectivity index (χ2n) is 4.12. The van der Waals surface area contributed by atoms with Crippen molar-refractivity contribution in [1.82, 2.24) is 0 Å². The first kappa shape index (κ1) is 11.0. The van der Waals surface area contributed by atoms with Crippen LogP contribution in [0.15, 0.2) is 60.7 Å². The maximum atomic E-state index is 2.37. The summed E-state index contributed by atoms with van der Waals surface area (Å²) in [5.74, 6) is 0.515. The van der Waals surface area contributed by atoms with Gasteiger partial charge in [0, 0.05) is 0 Å². The summed E-state index contributed by atoms with van der Waals surface area (Å²) >= 11 is 0. The van der Waals surface area contributed by atoms with Crippen molar-refractivity contribution >= 4 is 7.28 Å².